The molecule has 88 valence electrons. The van der Waals surface area contributed by atoms with Crippen LogP contribution in [0, 0.1) is 0 Å². The average molecular weight is 273 g/mol. The van der Waals surface area contributed by atoms with Gasteiger partial charge in [-0.15, -0.1) is 0 Å². The van der Waals surface area contributed by atoms with Crippen LogP contribution >= 0.6 is 23.2 Å². The van der Waals surface area contributed by atoms with Gasteiger partial charge >= 0.3 is 5.35 Å². The fraction of sp³-hybridized carbons (Fsp3) is 0.200. The first-order valence-electron chi connectivity index (χ1n) is 4.83. The Kier molecular flexibility index (Phi) is 2.57. The molecule has 0 aliphatic carbocycles. The smallest absolute Gasteiger partial charge is 0.320 e. The molecule has 0 saturated carbocycles. The zero-order valence-electron chi connectivity index (χ0n) is 8.44. The number of ether oxygens (including phenoxy) is 2. The maximum Gasteiger partial charge on any atom is 0.320 e. The summed E-state index contributed by atoms with van der Waals surface area (Å²) in [4.78, 5) is 3.90. The third-order valence-corrected chi connectivity index (χ3v) is 2.69. The molecular weight excluding hydrogens is 267 g/mol. The van der Waals surface area contributed by atoms with E-state index >= 15 is 0 Å². The summed E-state index contributed by atoms with van der Waals surface area (Å²) in [7, 11) is 0. The van der Waals surface area contributed by atoms with E-state index in [0.717, 1.165) is 0 Å². The summed E-state index contributed by atoms with van der Waals surface area (Å²) in [6.07, 6.45) is 0. The molecule has 0 amide bonds. The van der Waals surface area contributed by atoms with Crippen LogP contribution < -0.4 is 9.47 Å². The monoisotopic (exact) mass is 272 g/mol. The zero-order chi connectivity index (χ0) is 11.8. The first-order chi connectivity index (χ1) is 8.24. The lowest BCUT2D eigenvalue weighted by molar-refractivity contribution is 0.172. The lowest BCUT2D eigenvalue weighted by Crippen LogP contribution is -2.15. The first kappa shape index (κ1) is 10.7. The maximum absolute atomic E-state index is 6.08. The Morgan fingerprint density at radius 3 is 2.71 bits per heavy atom. The minimum atomic E-state index is -0.0222. The number of fused-ring (bicyclic) bond motifs is 1. The maximum atomic E-state index is 6.08. The third-order valence-electron chi connectivity index (χ3n) is 2.26. The number of hydrogen-bond acceptors (Lipinski definition) is 5. The molecule has 3 rings (SSSR count). The number of aromatic nitrogens is 2. The topological polar surface area (TPSA) is 57.4 Å². The van der Waals surface area contributed by atoms with E-state index in [1.807, 2.05) is 0 Å². The van der Waals surface area contributed by atoms with Gasteiger partial charge in [-0.3, -0.25) is 0 Å². The molecule has 0 unspecified atom stereocenters. The normalized spacial score (nSPS) is 13.8. The van der Waals surface area contributed by atoms with Gasteiger partial charge in [0.25, 0.3) is 0 Å². The van der Waals surface area contributed by atoms with Crippen molar-refractivity contribution in [3.8, 4) is 22.9 Å². The van der Waals surface area contributed by atoms with Crippen molar-refractivity contribution in [2.75, 3.05) is 13.2 Å². The minimum Gasteiger partial charge on any atom is -0.486 e. The van der Waals surface area contributed by atoms with Crippen molar-refractivity contribution in [3.05, 3.63) is 22.5 Å². The van der Waals surface area contributed by atoms with Gasteiger partial charge in [-0.05, 0) is 23.7 Å². The molecule has 1 aromatic heterocycles. The van der Waals surface area contributed by atoms with Gasteiger partial charge in [0.15, 0.2) is 11.5 Å². The van der Waals surface area contributed by atoms with Gasteiger partial charge in [0.1, 0.15) is 13.2 Å². The Bertz CT molecular complexity index is 571. The van der Waals surface area contributed by atoms with Crippen LogP contribution in [0.15, 0.2) is 16.7 Å². The molecule has 1 aliphatic heterocycles. The number of benzene rings is 1. The lowest BCUT2D eigenvalue weighted by Gasteiger charge is -2.19. The molecule has 5 nitrogen and oxygen atoms in total. The van der Waals surface area contributed by atoms with Gasteiger partial charge in [-0.2, -0.15) is 4.98 Å². The molecule has 0 saturated heterocycles. The molecule has 7 heteroatoms. The summed E-state index contributed by atoms with van der Waals surface area (Å²) in [6, 6.07) is 3.41. The third kappa shape index (κ3) is 1.92. The molecule has 2 aromatic rings. The quantitative estimate of drug-likeness (QED) is 0.799. The summed E-state index contributed by atoms with van der Waals surface area (Å²) in [5.41, 5.74) is 0.662. The van der Waals surface area contributed by atoms with Gasteiger partial charge < -0.3 is 14.0 Å². The predicted molar refractivity (Wildman–Crippen MR) is 60.7 cm³/mol. The SMILES string of the molecule is Clc1nc(-c2cc(Cl)c3c(c2)OCCO3)no1. The second-order valence-corrected chi connectivity index (χ2v) is 4.08. The highest BCUT2D eigenvalue weighted by Crippen LogP contribution is 2.40. The molecule has 1 aromatic carbocycles. The fourth-order valence-electron chi connectivity index (χ4n) is 1.56. The predicted octanol–water partition coefficient (Wildman–Crippen LogP) is 2.81. The number of rotatable bonds is 1. The summed E-state index contributed by atoms with van der Waals surface area (Å²) < 4.78 is 15.5. The van der Waals surface area contributed by atoms with Crippen LogP contribution in [-0.4, -0.2) is 23.4 Å². The Morgan fingerprint density at radius 2 is 1.94 bits per heavy atom. The molecule has 1 aliphatic rings. The summed E-state index contributed by atoms with van der Waals surface area (Å²) >= 11 is 11.6. The summed E-state index contributed by atoms with van der Waals surface area (Å²) in [5, 5.41) is 4.12. The van der Waals surface area contributed by atoms with E-state index in [-0.39, 0.29) is 5.35 Å². The van der Waals surface area contributed by atoms with Gasteiger partial charge in [-0.1, -0.05) is 16.8 Å². The van der Waals surface area contributed by atoms with Gasteiger partial charge in [0, 0.05) is 5.56 Å². The summed E-state index contributed by atoms with van der Waals surface area (Å²) in [6.45, 7) is 0.972. The molecule has 0 spiro atoms. The van der Waals surface area contributed by atoms with E-state index in [9.17, 15) is 0 Å². The van der Waals surface area contributed by atoms with E-state index < -0.39 is 0 Å². The van der Waals surface area contributed by atoms with Gasteiger partial charge in [0.2, 0.25) is 5.82 Å². The first-order valence-corrected chi connectivity index (χ1v) is 5.58. The molecule has 2 heterocycles. The minimum absolute atomic E-state index is 0.0222. The van der Waals surface area contributed by atoms with Crippen molar-refractivity contribution in [2.45, 2.75) is 0 Å². The van der Waals surface area contributed by atoms with Crippen molar-refractivity contribution >= 4 is 23.2 Å². The van der Waals surface area contributed by atoms with Crippen LogP contribution in [0.25, 0.3) is 11.4 Å². The number of hydrogen-bond donors (Lipinski definition) is 0. The molecule has 0 N–H and O–H groups in total. The highest BCUT2D eigenvalue weighted by atomic mass is 35.5. The van der Waals surface area contributed by atoms with E-state index in [4.69, 9.17) is 37.2 Å². The van der Waals surface area contributed by atoms with E-state index in [1.165, 1.54) is 0 Å². The Hall–Kier alpha value is -1.46. The van der Waals surface area contributed by atoms with Crippen molar-refractivity contribution in [3.63, 3.8) is 0 Å². The van der Waals surface area contributed by atoms with Crippen molar-refractivity contribution in [2.24, 2.45) is 0 Å². The Morgan fingerprint density at radius 1 is 1.12 bits per heavy atom. The van der Waals surface area contributed by atoms with Crippen LogP contribution in [0.5, 0.6) is 11.5 Å². The van der Waals surface area contributed by atoms with Gasteiger partial charge in [-0.25, -0.2) is 0 Å². The lowest BCUT2D eigenvalue weighted by atomic mass is 10.2. The summed E-state index contributed by atoms with van der Waals surface area (Å²) in [5.74, 6) is 1.46. The van der Waals surface area contributed by atoms with E-state index in [2.05, 4.69) is 10.1 Å². The molecular formula is C10H6Cl2N2O3. The Labute approximate surface area is 106 Å². The van der Waals surface area contributed by atoms with Crippen LogP contribution in [0.1, 0.15) is 0 Å². The van der Waals surface area contributed by atoms with Gasteiger partial charge in [0.05, 0.1) is 5.02 Å². The zero-order valence-corrected chi connectivity index (χ0v) is 9.96. The number of nitrogens with zero attached hydrogens (tertiary/aromatic N) is 2. The molecule has 0 atom stereocenters. The standard InChI is InChI=1S/C10H6Cl2N2O3/c11-6-3-5(9-13-10(12)17-14-9)4-7-8(6)16-2-1-15-7/h3-4H,1-2H2. The highest BCUT2D eigenvalue weighted by molar-refractivity contribution is 6.32. The van der Waals surface area contributed by atoms with E-state index in [1.54, 1.807) is 12.1 Å². The van der Waals surface area contributed by atoms with Crippen LogP contribution in [-0.2, 0) is 0 Å². The fourth-order valence-corrected chi connectivity index (χ4v) is 1.94. The molecule has 0 fully saturated rings. The largest absolute Gasteiger partial charge is 0.486 e. The van der Waals surface area contributed by atoms with Crippen molar-refractivity contribution < 1.29 is 14.0 Å². The number of halogens is 2. The Balaban J connectivity index is 2.10. The highest BCUT2D eigenvalue weighted by Gasteiger charge is 2.19. The van der Waals surface area contributed by atoms with Crippen LogP contribution in [0.3, 0.4) is 0 Å². The molecule has 0 bridgehead atoms. The van der Waals surface area contributed by atoms with Crippen molar-refractivity contribution in [1.82, 2.24) is 10.1 Å². The average Bonchev–Trinajstić information content (AvgIpc) is 2.76. The van der Waals surface area contributed by atoms with E-state index in [0.29, 0.717) is 41.1 Å². The molecule has 17 heavy (non-hydrogen) atoms. The van der Waals surface area contributed by atoms with Crippen LogP contribution in [0.4, 0.5) is 0 Å². The second kappa shape index (κ2) is 4.09. The van der Waals surface area contributed by atoms with Crippen LogP contribution in [0.2, 0.25) is 10.4 Å². The van der Waals surface area contributed by atoms with Crippen molar-refractivity contribution in [1.29, 1.82) is 0 Å². The molecule has 0 radical (unpaired) electrons. The second-order valence-electron chi connectivity index (χ2n) is 3.35.